The van der Waals surface area contributed by atoms with Crippen LogP contribution in [0.3, 0.4) is 0 Å². The number of allylic oxidation sites excluding steroid dienone is 4. The quantitative estimate of drug-likeness (QED) is 0.0267. The van der Waals surface area contributed by atoms with Crippen molar-refractivity contribution in [3.63, 3.8) is 0 Å². The number of hydrogen-bond acceptors (Lipinski definition) is 6. The minimum Gasteiger partial charge on any atom is -0.462 e. The molecule has 0 fully saturated rings. The van der Waals surface area contributed by atoms with Crippen LogP contribution in [0.5, 0.6) is 0 Å². The van der Waals surface area contributed by atoms with Crippen molar-refractivity contribution in [2.75, 3.05) is 13.2 Å². The summed E-state index contributed by atoms with van der Waals surface area (Å²) < 4.78 is 16.7. The maximum Gasteiger partial charge on any atom is 0.306 e. The monoisotopic (exact) mass is 761 g/mol. The van der Waals surface area contributed by atoms with Crippen LogP contribution in [-0.4, -0.2) is 37.2 Å². The summed E-state index contributed by atoms with van der Waals surface area (Å²) in [5.41, 5.74) is 0. The molecule has 6 heteroatoms. The second-order valence-corrected chi connectivity index (χ2v) is 15.6. The highest BCUT2D eigenvalue weighted by Gasteiger charge is 2.19. The van der Waals surface area contributed by atoms with Gasteiger partial charge in [-0.25, -0.2) is 0 Å². The van der Waals surface area contributed by atoms with Crippen LogP contribution in [0.15, 0.2) is 24.3 Å². The molecular formula is C48H88O6. The van der Waals surface area contributed by atoms with Crippen LogP contribution < -0.4 is 0 Å². The lowest BCUT2D eigenvalue weighted by molar-refractivity contribution is -0.167. The van der Waals surface area contributed by atoms with Crippen molar-refractivity contribution in [2.24, 2.45) is 0 Å². The Morgan fingerprint density at radius 2 is 0.722 bits per heavy atom. The average molecular weight is 761 g/mol. The molecule has 6 nitrogen and oxygen atoms in total. The van der Waals surface area contributed by atoms with Crippen molar-refractivity contribution in [3.8, 4) is 0 Å². The molecule has 1 unspecified atom stereocenters. The van der Waals surface area contributed by atoms with Gasteiger partial charge in [0.1, 0.15) is 13.2 Å². The van der Waals surface area contributed by atoms with E-state index in [1.54, 1.807) is 0 Å². The highest BCUT2D eigenvalue weighted by atomic mass is 16.6. The molecule has 316 valence electrons. The summed E-state index contributed by atoms with van der Waals surface area (Å²) in [6.45, 7) is 6.49. The lowest BCUT2D eigenvalue weighted by Gasteiger charge is -2.18. The van der Waals surface area contributed by atoms with Crippen molar-refractivity contribution in [2.45, 2.75) is 252 Å². The van der Waals surface area contributed by atoms with Crippen molar-refractivity contribution in [1.29, 1.82) is 0 Å². The van der Waals surface area contributed by atoms with Crippen molar-refractivity contribution in [1.82, 2.24) is 0 Å². The normalized spacial score (nSPS) is 12.1. The Bertz CT molecular complexity index is 880. The Hall–Kier alpha value is -2.11. The van der Waals surface area contributed by atoms with Crippen LogP contribution >= 0.6 is 0 Å². The van der Waals surface area contributed by atoms with Gasteiger partial charge >= 0.3 is 17.9 Å². The van der Waals surface area contributed by atoms with Crippen molar-refractivity contribution in [3.05, 3.63) is 24.3 Å². The number of carbonyl (C=O) groups excluding carboxylic acids is 3. The van der Waals surface area contributed by atoms with E-state index in [1.165, 1.54) is 135 Å². The van der Waals surface area contributed by atoms with E-state index in [0.29, 0.717) is 19.3 Å². The third kappa shape index (κ3) is 41.1. The summed E-state index contributed by atoms with van der Waals surface area (Å²) in [7, 11) is 0. The largest absolute Gasteiger partial charge is 0.462 e. The smallest absolute Gasteiger partial charge is 0.306 e. The number of ether oxygens (including phenoxy) is 3. The van der Waals surface area contributed by atoms with Crippen LogP contribution in [0.25, 0.3) is 0 Å². The number of rotatable bonds is 42. The first kappa shape index (κ1) is 51.9. The second kappa shape index (κ2) is 43.6. The third-order valence-corrected chi connectivity index (χ3v) is 10.2. The molecule has 0 N–H and O–H groups in total. The van der Waals surface area contributed by atoms with Gasteiger partial charge in [0.25, 0.3) is 0 Å². The zero-order valence-electron chi connectivity index (χ0n) is 36.0. The molecule has 0 radical (unpaired) electrons. The third-order valence-electron chi connectivity index (χ3n) is 10.2. The average Bonchev–Trinajstić information content (AvgIpc) is 3.17. The molecule has 0 bridgehead atoms. The molecule has 0 aromatic heterocycles. The first-order valence-corrected chi connectivity index (χ1v) is 23.3. The Morgan fingerprint density at radius 1 is 0.389 bits per heavy atom. The van der Waals surface area contributed by atoms with E-state index in [1.807, 2.05) is 0 Å². The summed E-state index contributed by atoms with van der Waals surface area (Å²) >= 11 is 0. The van der Waals surface area contributed by atoms with Crippen LogP contribution in [-0.2, 0) is 28.6 Å². The molecule has 0 aliphatic carbocycles. The zero-order chi connectivity index (χ0) is 39.4. The summed E-state index contributed by atoms with van der Waals surface area (Å²) in [6.07, 6.45) is 47.4. The maximum absolute atomic E-state index is 12.7. The number of hydrogen-bond donors (Lipinski definition) is 0. The number of esters is 3. The van der Waals surface area contributed by atoms with Gasteiger partial charge in [-0.3, -0.25) is 14.4 Å². The first-order chi connectivity index (χ1) is 26.5. The van der Waals surface area contributed by atoms with Crippen LogP contribution in [0.2, 0.25) is 0 Å². The standard InChI is InChI=1S/C48H88O6/c1-4-7-10-13-16-19-21-23-24-25-27-29-32-35-38-41-47(50)53-44-45(43-52-46(49)40-37-34-31-28-18-15-12-9-6-3)54-48(51)42-39-36-33-30-26-22-20-17-14-11-8-5-2/h9,12,18,28,45H,4-8,10-11,13-17,19-27,29-44H2,1-3H3/b12-9-,28-18-. The van der Waals surface area contributed by atoms with Crippen LogP contribution in [0, 0.1) is 0 Å². The van der Waals surface area contributed by atoms with E-state index in [4.69, 9.17) is 14.2 Å². The van der Waals surface area contributed by atoms with Gasteiger partial charge < -0.3 is 14.2 Å². The van der Waals surface area contributed by atoms with Crippen LogP contribution in [0.1, 0.15) is 245 Å². The number of unbranched alkanes of at least 4 members (excludes halogenated alkanes) is 27. The molecule has 54 heavy (non-hydrogen) atoms. The van der Waals surface area contributed by atoms with E-state index in [9.17, 15) is 14.4 Å². The molecule has 0 spiro atoms. The number of carbonyl (C=O) groups is 3. The lowest BCUT2D eigenvalue weighted by atomic mass is 10.0. The minimum absolute atomic E-state index is 0.0771. The molecule has 0 saturated heterocycles. The topological polar surface area (TPSA) is 78.9 Å². The summed E-state index contributed by atoms with van der Waals surface area (Å²) in [4.78, 5) is 37.7. The fourth-order valence-corrected chi connectivity index (χ4v) is 6.72. The van der Waals surface area contributed by atoms with Gasteiger partial charge in [-0.2, -0.15) is 0 Å². The van der Waals surface area contributed by atoms with Crippen LogP contribution in [0.4, 0.5) is 0 Å². The molecule has 0 aromatic rings. The summed E-state index contributed by atoms with van der Waals surface area (Å²) in [5.74, 6) is -0.908. The molecule has 0 amide bonds. The van der Waals surface area contributed by atoms with Crippen molar-refractivity contribution < 1.29 is 28.6 Å². The molecule has 1 atom stereocenters. The van der Waals surface area contributed by atoms with E-state index < -0.39 is 6.10 Å². The van der Waals surface area contributed by atoms with Crippen molar-refractivity contribution >= 4 is 17.9 Å². The van der Waals surface area contributed by atoms with E-state index in [0.717, 1.165) is 70.6 Å². The van der Waals surface area contributed by atoms with Gasteiger partial charge in [0, 0.05) is 19.3 Å². The molecule has 0 aromatic carbocycles. The van der Waals surface area contributed by atoms with E-state index >= 15 is 0 Å². The van der Waals surface area contributed by atoms with Gasteiger partial charge in [-0.05, 0) is 44.9 Å². The molecule has 0 aliphatic heterocycles. The molecule has 0 rings (SSSR count). The maximum atomic E-state index is 12.7. The highest BCUT2D eigenvalue weighted by Crippen LogP contribution is 2.15. The highest BCUT2D eigenvalue weighted by molar-refractivity contribution is 5.71. The molecular weight excluding hydrogens is 673 g/mol. The summed E-state index contributed by atoms with van der Waals surface area (Å²) in [6, 6.07) is 0. The van der Waals surface area contributed by atoms with E-state index in [-0.39, 0.29) is 31.1 Å². The Kier molecular flexibility index (Phi) is 41.9. The second-order valence-electron chi connectivity index (χ2n) is 15.6. The predicted molar refractivity (Wildman–Crippen MR) is 229 cm³/mol. The lowest BCUT2D eigenvalue weighted by Crippen LogP contribution is -2.30. The minimum atomic E-state index is -0.775. The fourth-order valence-electron chi connectivity index (χ4n) is 6.72. The van der Waals surface area contributed by atoms with Gasteiger partial charge in [-0.15, -0.1) is 0 Å². The Balaban J connectivity index is 4.32. The van der Waals surface area contributed by atoms with E-state index in [2.05, 4.69) is 45.1 Å². The Labute approximate surface area is 334 Å². The SMILES string of the molecule is CC/C=C\C/C=C\CCCCC(=O)OCC(COC(=O)CCCCCCCCCCCCCCCCC)OC(=O)CCCCCCCCCCCCCC. The van der Waals surface area contributed by atoms with Gasteiger partial charge in [-0.1, -0.05) is 206 Å². The fraction of sp³-hybridized carbons (Fsp3) is 0.854. The zero-order valence-corrected chi connectivity index (χ0v) is 36.0. The van der Waals surface area contributed by atoms with Gasteiger partial charge in [0.2, 0.25) is 0 Å². The first-order valence-electron chi connectivity index (χ1n) is 23.3. The molecule has 0 saturated carbocycles. The summed E-state index contributed by atoms with van der Waals surface area (Å²) in [5, 5.41) is 0. The Morgan fingerprint density at radius 3 is 1.11 bits per heavy atom. The van der Waals surface area contributed by atoms with Gasteiger partial charge in [0.15, 0.2) is 6.10 Å². The molecule has 0 aliphatic rings. The predicted octanol–water partition coefficient (Wildman–Crippen LogP) is 14.8. The molecule has 0 heterocycles. The van der Waals surface area contributed by atoms with Gasteiger partial charge in [0.05, 0.1) is 0 Å².